The van der Waals surface area contributed by atoms with Crippen LogP contribution in [0.5, 0.6) is 0 Å². The molecule has 0 radical (unpaired) electrons. The Kier molecular flexibility index (Phi) is 1.80. The molecule has 0 fully saturated rings. The van der Waals surface area contributed by atoms with Crippen LogP contribution in [0.4, 0.5) is 5.69 Å². The van der Waals surface area contributed by atoms with Gasteiger partial charge in [0.25, 0.3) is 0 Å². The van der Waals surface area contributed by atoms with Crippen LogP contribution in [0.15, 0.2) is 46.0 Å². The number of nitrogens with two attached hydrogens (primary N) is 1. The first kappa shape index (κ1) is 10.4. The Balaban J connectivity index is 2.00. The minimum Gasteiger partial charge on any atom is -0.399 e. The number of anilines is 1. The average molecular weight is 256 g/mol. The van der Waals surface area contributed by atoms with E-state index in [0.717, 1.165) is 6.42 Å². The fourth-order valence-electron chi connectivity index (χ4n) is 2.94. The van der Waals surface area contributed by atoms with Gasteiger partial charge in [0.1, 0.15) is 0 Å². The normalized spacial score (nSPS) is 22.9. The summed E-state index contributed by atoms with van der Waals surface area (Å²) in [7, 11) is 0. The van der Waals surface area contributed by atoms with Gasteiger partial charge in [-0.1, -0.05) is 12.2 Å². The molecule has 0 saturated carbocycles. The van der Waals surface area contributed by atoms with Gasteiger partial charge in [0.05, 0.1) is 17.8 Å². The van der Waals surface area contributed by atoms with Crippen LogP contribution in [0.25, 0.3) is 5.69 Å². The fourth-order valence-corrected chi connectivity index (χ4v) is 2.94. The highest BCUT2D eigenvalue weighted by Crippen LogP contribution is 2.35. The van der Waals surface area contributed by atoms with E-state index in [2.05, 4.69) is 0 Å². The van der Waals surface area contributed by atoms with E-state index in [9.17, 15) is 9.59 Å². The average Bonchev–Trinajstić information content (AvgIpc) is 3.06. The van der Waals surface area contributed by atoms with Crippen molar-refractivity contribution < 1.29 is 0 Å². The van der Waals surface area contributed by atoms with Gasteiger partial charge in [0.2, 0.25) is 0 Å². The Morgan fingerprint density at radius 2 is 1.47 bits per heavy atom. The molecule has 2 heterocycles. The molecular formula is C13H12N4O2. The highest BCUT2D eigenvalue weighted by atomic mass is 16.2. The molecule has 0 unspecified atom stereocenters. The highest BCUT2D eigenvalue weighted by Gasteiger charge is 2.37. The second-order valence-corrected chi connectivity index (χ2v) is 4.94. The molecule has 96 valence electrons. The van der Waals surface area contributed by atoms with Crippen LogP contribution >= 0.6 is 0 Å². The van der Waals surface area contributed by atoms with Crippen molar-refractivity contribution in [2.45, 2.75) is 18.5 Å². The van der Waals surface area contributed by atoms with Gasteiger partial charge < -0.3 is 5.73 Å². The number of aromatic nitrogens is 3. The van der Waals surface area contributed by atoms with Crippen molar-refractivity contribution in [3.63, 3.8) is 0 Å². The Hall–Kier alpha value is -2.50. The SMILES string of the molecule is Nc1ccc(-n2c(=O)n3n(c2=O)[C@H]2C=C[C@@H]3C2)cc1. The molecule has 0 amide bonds. The van der Waals surface area contributed by atoms with E-state index < -0.39 is 0 Å². The molecule has 1 aromatic carbocycles. The molecule has 0 saturated heterocycles. The summed E-state index contributed by atoms with van der Waals surface area (Å²) < 4.78 is 4.29. The maximum absolute atomic E-state index is 12.4. The van der Waals surface area contributed by atoms with Crippen molar-refractivity contribution in [3.8, 4) is 5.69 Å². The van der Waals surface area contributed by atoms with E-state index in [0.29, 0.717) is 11.4 Å². The van der Waals surface area contributed by atoms with Gasteiger partial charge >= 0.3 is 11.4 Å². The zero-order valence-electron chi connectivity index (χ0n) is 10.1. The third-order valence-corrected chi connectivity index (χ3v) is 3.82. The molecule has 0 spiro atoms. The van der Waals surface area contributed by atoms with E-state index in [1.54, 1.807) is 33.6 Å². The lowest BCUT2D eigenvalue weighted by Crippen LogP contribution is -2.28. The van der Waals surface area contributed by atoms with Crippen LogP contribution in [-0.2, 0) is 0 Å². The summed E-state index contributed by atoms with van der Waals surface area (Å²) in [6, 6.07) is 6.76. The largest absolute Gasteiger partial charge is 0.399 e. The summed E-state index contributed by atoms with van der Waals surface area (Å²) in [5.41, 5.74) is 6.21. The Bertz CT molecular complexity index is 763. The molecule has 2 N–H and O–H groups in total. The number of nitrogens with zero attached hydrogens (tertiary/aromatic N) is 3. The zero-order chi connectivity index (χ0) is 13.1. The first-order valence-corrected chi connectivity index (χ1v) is 6.17. The van der Waals surface area contributed by atoms with Crippen molar-refractivity contribution in [3.05, 3.63) is 57.4 Å². The predicted molar refractivity (Wildman–Crippen MR) is 70.5 cm³/mol. The smallest absolute Gasteiger partial charge is 0.352 e. The molecule has 6 heteroatoms. The number of fused-ring (bicyclic) bond motifs is 5. The quantitative estimate of drug-likeness (QED) is 0.594. The number of rotatable bonds is 1. The highest BCUT2D eigenvalue weighted by molar-refractivity contribution is 5.44. The van der Waals surface area contributed by atoms with Crippen LogP contribution < -0.4 is 17.1 Å². The summed E-state index contributed by atoms with van der Waals surface area (Å²) in [4.78, 5) is 24.8. The van der Waals surface area contributed by atoms with Crippen LogP contribution in [0.3, 0.4) is 0 Å². The topological polar surface area (TPSA) is 74.9 Å². The maximum Gasteiger partial charge on any atom is 0.352 e. The molecule has 4 rings (SSSR count). The summed E-state index contributed by atoms with van der Waals surface area (Å²) in [5, 5.41) is 0. The predicted octanol–water partition coefficient (Wildman–Crippen LogP) is 0.439. The molecule has 1 aliphatic heterocycles. The third-order valence-electron chi connectivity index (χ3n) is 3.82. The van der Waals surface area contributed by atoms with Gasteiger partial charge in [-0.3, -0.25) is 0 Å². The Morgan fingerprint density at radius 3 is 2.00 bits per heavy atom. The van der Waals surface area contributed by atoms with Crippen molar-refractivity contribution in [1.29, 1.82) is 0 Å². The van der Waals surface area contributed by atoms with Crippen molar-refractivity contribution >= 4 is 5.69 Å². The van der Waals surface area contributed by atoms with Gasteiger partial charge in [0, 0.05) is 5.69 Å². The van der Waals surface area contributed by atoms with E-state index in [1.165, 1.54) is 4.57 Å². The molecule has 1 aromatic heterocycles. The zero-order valence-corrected chi connectivity index (χ0v) is 10.1. The molecular weight excluding hydrogens is 244 g/mol. The molecule has 1 aliphatic carbocycles. The van der Waals surface area contributed by atoms with Crippen LogP contribution in [0.2, 0.25) is 0 Å². The maximum atomic E-state index is 12.4. The fraction of sp³-hybridized carbons (Fsp3) is 0.231. The number of hydrogen-bond acceptors (Lipinski definition) is 3. The van der Waals surface area contributed by atoms with Gasteiger partial charge in [-0.2, -0.15) is 0 Å². The van der Waals surface area contributed by atoms with E-state index in [-0.39, 0.29) is 23.5 Å². The Labute approximate surface area is 108 Å². The van der Waals surface area contributed by atoms with Crippen LogP contribution in [0, 0.1) is 0 Å². The van der Waals surface area contributed by atoms with E-state index in [4.69, 9.17) is 5.73 Å². The van der Waals surface area contributed by atoms with Crippen LogP contribution in [-0.4, -0.2) is 13.9 Å². The second kappa shape index (κ2) is 3.28. The number of nitrogen functional groups attached to an aromatic ring is 1. The lowest BCUT2D eigenvalue weighted by atomic mass is 10.2. The number of hydrogen-bond donors (Lipinski definition) is 1. The lowest BCUT2D eigenvalue weighted by molar-refractivity contribution is 0.505. The summed E-state index contributed by atoms with van der Waals surface area (Å²) in [6.45, 7) is 0. The minimum atomic E-state index is -0.286. The standard InChI is InChI=1S/C13H12N4O2/c14-8-1-3-9(4-2-8)15-12(18)16-10-5-6-11(7-10)17(16)13(15)19/h1-6,10-11H,7,14H2/t10-,11+. The molecule has 2 aliphatic rings. The second-order valence-electron chi connectivity index (χ2n) is 4.94. The van der Waals surface area contributed by atoms with Gasteiger partial charge in [-0.05, 0) is 30.7 Å². The van der Waals surface area contributed by atoms with Gasteiger partial charge in [-0.25, -0.2) is 23.5 Å². The minimum absolute atomic E-state index is 0.0141. The summed E-state index contributed by atoms with van der Waals surface area (Å²) in [5.74, 6) is 0. The molecule has 2 aromatic rings. The van der Waals surface area contributed by atoms with Crippen molar-refractivity contribution in [1.82, 2.24) is 13.9 Å². The Morgan fingerprint density at radius 1 is 0.947 bits per heavy atom. The van der Waals surface area contributed by atoms with Crippen molar-refractivity contribution in [2.75, 3.05) is 5.73 Å². The first-order chi connectivity index (χ1) is 9.16. The van der Waals surface area contributed by atoms with E-state index >= 15 is 0 Å². The first-order valence-electron chi connectivity index (χ1n) is 6.17. The third kappa shape index (κ3) is 1.20. The molecule has 2 bridgehead atoms. The molecule has 19 heavy (non-hydrogen) atoms. The number of benzene rings is 1. The van der Waals surface area contributed by atoms with Crippen molar-refractivity contribution in [2.24, 2.45) is 0 Å². The monoisotopic (exact) mass is 256 g/mol. The lowest BCUT2D eigenvalue weighted by Gasteiger charge is -2.07. The number of allylic oxidation sites excluding steroid dienone is 2. The van der Waals surface area contributed by atoms with Crippen LogP contribution in [0.1, 0.15) is 18.5 Å². The summed E-state index contributed by atoms with van der Waals surface area (Å²) in [6.07, 6.45) is 4.78. The van der Waals surface area contributed by atoms with Gasteiger partial charge in [-0.15, -0.1) is 0 Å². The van der Waals surface area contributed by atoms with Gasteiger partial charge in [0.15, 0.2) is 0 Å². The van der Waals surface area contributed by atoms with E-state index in [1.807, 2.05) is 12.2 Å². The summed E-state index contributed by atoms with van der Waals surface area (Å²) >= 11 is 0. The molecule has 6 nitrogen and oxygen atoms in total. The molecule has 2 atom stereocenters.